The second-order valence-electron chi connectivity index (χ2n) is 5.65. The molecule has 0 radical (unpaired) electrons. The van der Waals surface area contributed by atoms with E-state index in [1.807, 2.05) is 18.2 Å². The van der Waals surface area contributed by atoms with Crippen LogP contribution in [0.1, 0.15) is 31.9 Å². The Balaban J connectivity index is 2.24. The van der Waals surface area contributed by atoms with E-state index in [-0.39, 0.29) is 0 Å². The van der Waals surface area contributed by atoms with E-state index in [9.17, 15) is 0 Å². The average Bonchev–Trinajstić information content (AvgIpc) is 2.88. The molecular weight excluding hydrogens is 274 g/mol. The molecule has 0 aliphatic heterocycles. The van der Waals surface area contributed by atoms with Crippen molar-refractivity contribution in [2.75, 3.05) is 12.3 Å². The highest BCUT2D eigenvalue weighted by molar-refractivity contribution is 6.09. The minimum atomic E-state index is 0.517. The van der Waals surface area contributed by atoms with Crippen LogP contribution in [0.5, 0.6) is 0 Å². The van der Waals surface area contributed by atoms with E-state index < -0.39 is 0 Å². The van der Waals surface area contributed by atoms with Gasteiger partial charge >= 0.3 is 0 Å². The summed E-state index contributed by atoms with van der Waals surface area (Å²) in [5.41, 5.74) is 14.8. The molecule has 0 amide bonds. The number of nitrogens with two attached hydrogens (primary N) is 2. The Labute approximate surface area is 130 Å². The summed E-state index contributed by atoms with van der Waals surface area (Å²) in [6.45, 7) is 3.79. The third kappa shape index (κ3) is 2.52. The summed E-state index contributed by atoms with van der Waals surface area (Å²) < 4.78 is 2.10. The lowest BCUT2D eigenvalue weighted by Crippen LogP contribution is -2.06. The number of anilines is 1. The van der Waals surface area contributed by atoms with Gasteiger partial charge in [-0.2, -0.15) is 5.10 Å². The molecule has 0 spiro atoms. The van der Waals surface area contributed by atoms with Crippen LogP contribution in [0.3, 0.4) is 0 Å². The number of nitrogens with zero attached hydrogens (tertiary/aromatic N) is 3. The molecule has 0 saturated carbocycles. The minimum absolute atomic E-state index is 0.517. The predicted octanol–water partition coefficient (Wildman–Crippen LogP) is 2.86. The second kappa shape index (κ2) is 6.32. The van der Waals surface area contributed by atoms with E-state index >= 15 is 0 Å². The van der Waals surface area contributed by atoms with E-state index in [4.69, 9.17) is 16.6 Å². The Morgan fingerprint density at radius 1 is 1.18 bits per heavy atom. The normalized spacial score (nSPS) is 11.5. The summed E-state index contributed by atoms with van der Waals surface area (Å²) in [4.78, 5) is 4.50. The maximum atomic E-state index is 6.15. The van der Waals surface area contributed by atoms with Crippen molar-refractivity contribution in [1.29, 1.82) is 0 Å². The van der Waals surface area contributed by atoms with Crippen LogP contribution in [0.2, 0.25) is 0 Å². The fraction of sp³-hybridized carbons (Fsp3) is 0.412. The molecule has 4 N–H and O–H groups in total. The van der Waals surface area contributed by atoms with Crippen molar-refractivity contribution in [3.8, 4) is 0 Å². The minimum Gasteiger partial charge on any atom is -0.382 e. The van der Waals surface area contributed by atoms with Crippen LogP contribution in [0, 0.1) is 0 Å². The van der Waals surface area contributed by atoms with Crippen molar-refractivity contribution in [2.45, 2.75) is 39.2 Å². The third-order valence-corrected chi connectivity index (χ3v) is 4.02. The Hall–Kier alpha value is -2.14. The molecule has 2 aromatic heterocycles. The summed E-state index contributed by atoms with van der Waals surface area (Å²) in [6.07, 6.45) is 4.11. The first-order valence-electron chi connectivity index (χ1n) is 8.00. The van der Waals surface area contributed by atoms with Gasteiger partial charge in [-0.1, -0.05) is 25.1 Å². The van der Waals surface area contributed by atoms with Crippen LogP contribution in [0.25, 0.3) is 21.8 Å². The first-order chi connectivity index (χ1) is 10.8. The predicted molar refractivity (Wildman–Crippen MR) is 91.7 cm³/mol. The highest BCUT2D eigenvalue weighted by Crippen LogP contribution is 2.31. The van der Waals surface area contributed by atoms with Gasteiger partial charge in [0.15, 0.2) is 5.82 Å². The molecule has 0 unspecified atom stereocenters. The van der Waals surface area contributed by atoms with Gasteiger partial charge in [-0.15, -0.1) is 0 Å². The van der Waals surface area contributed by atoms with Gasteiger partial charge in [0.25, 0.3) is 0 Å². The number of hydrogen-bond acceptors (Lipinski definition) is 4. The number of aromatic nitrogens is 3. The summed E-state index contributed by atoms with van der Waals surface area (Å²) in [5, 5.41) is 7.03. The van der Waals surface area contributed by atoms with Gasteiger partial charge in [-0.25, -0.2) is 4.98 Å². The van der Waals surface area contributed by atoms with E-state index in [1.165, 1.54) is 5.69 Å². The molecule has 0 fully saturated rings. The molecule has 0 aliphatic carbocycles. The lowest BCUT2D eigenvalue weighted by molar-refractivity contribution is 0.569. The molecule has 0 saturated heterocycles. The van der Waals surface area contributed by atoms with E-state index in [2.05, 4.69) is 22.7 Å². The van der Waals surface area contributed by atoms with Crippen LogP contribution in [0.15, 0.2) is 24.3 Å². The second-order valence-corrected chi connectivity index (χ2v) is 5.65. The molecule has 0 atom stereocenters. The number of hydrogen-bond donors (Lipinski definition) is 2. The molecule has 5 heteroatoms. The molecule has 22 heavy (non-hydrogen) atoms. The highest BCUT2D eigenvalue weighted by Gasteiger charge is 2.16. The molecule has 2 heterocycles. The molecule has 3 aromatic rings. The van der Waals surface area contributed by atoms with E-state index in [0.29, 0.717) is 5.82 Å². The number of pyridine rings is 1. The van der Waals surface area contributed by atoms with Crippen molar-refractivity contribution in [1.82, 2.24) is 14.8 Å². The first-order valence-corrected chi connectivity index (χ1v) is 8.00. The van der Waals surface area contributed by atoms with Crippen LogP contribution in [-0.4, -0.2) is 21.3 Å². The van der Waals surface area contributed by atoms with Crippen molar-refractivity contribution in [3.63, 3.8) is 0 Å². The monoisotopic (exact) mass is 297 g/mol. The van der Waals surface area contributed by atoms with Crippen LogP contribution in [-0.2, 0) is 13.0 Å². The summed E-state index contributed by atoms with van der Waals surface area (Å²) in [5.74, 6) is 0.517. The summed E-state index contributed by atoms with van der Waals surface area (Å²) >= 11 is 0. The zero-order chi connectivity index (χ0) is 15.5. The SMILES string of the molecule is CCCn1nc2c(N)nc3ccccc3c2c1CCCCN. The fourth-order valence-corrected chi connectivity index (χ4v) is 3.01. The van der Waals surface area contributed by atoms with Crippen LogP contribution in [0.4, 0.5) is 5.82 Å². The smallest absolute Gasteiger partial charge is 0.152 e. The van der Waals surface area contributed by atoms with Crippen molar-refractivity contribution in [3.05, 3.63) is 30.0 Å². The van der Waals surface area contributed by atoms with Crippen molar-refractivity contribution in [2.24, 2.45) is 5.73 Å². The van der Waals surface area contributed by atoms with Gasteiger partial charge in [-0.05, 0) is 38.3 Å². The summed E-state index contributed by atoms with van der Waals surface area (Å²) in [6, 6.07) is 8.14. The quantitative estimate of drug-likeness (QED) is 0.685. The van der Waals surface area contributed by atoms with Gasteiger partial charge in [-0.3, -0.25) is 4.68 Å². The fourth-order valence-electron chi connectivity index (χ4n) is 3.01. The molecule has 3 rings (SSSR count). The zero-order valence-corrected chi connectivity index (χ0v) is 13.0. The highest BCUT2D eigenvalue weighted by atomic mass is 15.3. The van der Waals surface area contributed by atoms with Gasteiger partial charge < -0.3 is 11.5 Å². The number of nitrogen functional groups attached to an aromatic ring is 1. The molecule has 5 nitrogen and oxygen atoms in total. The van der Waals surface area contributed by atoms with Gasteiger partial charge in [0.05, 0.1) is 5.52 Å². The van der Waals surface area contributed by atoms with E-state index in [1.54, 1.807) is 0 Å². The zero-order valence-electron chi connectivity index (χ0n) is 13.0. The van der Waals surface area contributed by atoms with Crippen molar-refractivity contribution < 1.29 is 0 Å². The number of benzene rings is 1. The number of fused-ring (bicyclic) bond motifs is 3. The number of aryl methyl sites for hydroxylation is 2. The van der Waals surface area contributed by atoms with Crippen LogP contribution < -0.4 is 11.5 Å². The maximum Gasteiger partial charge on any atom is 0.152 e. The molecule has 1 aromatic carbocycles. The average molecular weight is 297 g/mol. The molecule has 0 bridgehead atoms. The summed E-state index contributed by atoms with van der Waals surface area (Å²) in [7, 11) is 0. The first kappa shape index (κ1) is 14.8. The Morgan fingerprint density at radius 3 is 2.77 bits per heavy atom. The largest absolute Gasteiger partial charge is 0.382 e. The van der Waals surface area contributed by atoms with Gasteiger partial charge in [0.1, 0.15) is 5.52 Å². The Morgan fingerprint density at radius 2 is 2.00 bits per heavy atom. The van der Waals surface area contributed by atoms with Crippen molar-refractivity contribution >= 4 is 27.6 Å². The van der Waals surface area contributed by atoms with E-state index in [0.717, 1.165) is 60.6 Å². The van der Waals surface area contributed by atoms with Gasteiger partial charge in [0, 0.05) is 23.0 Å². The number of unbranched alkanes of at least 4 members (excludes halogenated alkanes) is 1. The number of para-hydroxylation sites is 1. The molecule has 116 valence electrons. The van der Waals surface area contributed by atoms with Gasteiger partial charge in [0.2, 0.25) is 0 Å². The standard InChI is InChI=1S/C17H23N5/c1-2-11-22-14(9-5-6-10-18)15-12-7-3-4-8-13(12)20-17(19)16(15)21-22/h3-4,7-8H,2,5-6,9-11,18H2,1H3,(H2,19,20). The van der Waals surface area contributed by atoms with Crippen LogP contribution >= 0.6 is 0 Å². The Bertz CT molecular complexity index is 790. The maximum absolute atomic E-state index is 6.15. The number of rotatable bonds is 6. The lowest BCUT2D eigenvalue weighted by atomic mass is 10.1. The third-order valence-electron chi connectivity index (χ3n) is 4.02. The molecule has 0 aliphatic rings. The topological polar surface area (TPSA) is 82.8 Å². The lowest BCUT2D eigenvalue weighted by Gasteiger charge is -2.07. The molecular formula is C17H23N5. The Kier molecular flexibility index (Phi) is 4.24.